The van der Waals surface area contributed by atoms with Crippen molar-refractivity contribution >= 4 is 29.4 Å². The standard InChI is InChI=1S/C20H22F2N2O5/c1-10(24-18(26)13-5-3-4-6-14(13)19(24)27)20(28)29-11(2)17(25)23-16-8-7-12(21)9-15(16)22/h7-11,13-14H,3-6H2,1-2H3,(H,23,25)/t10-,11?,13?,14?/m0/s1. The summed E-state index contributed by atoms with van der Waals surface area (Å²) in [6, 6.07) is 1.46. The number of carbonyl (C=O) groups excluding carboxylic acids is 4. The molecular weight excluding hydrogens is 386 g/mol. The number of carbonyl (C=O) groups is 4. The average Bonchev–Trinajstić information content (AvgIpc) is 2.94. The molecule has 7 nitrogen and oxygen atoms in total. The second-order valence-electron chi connectivity index (χ2n) is 7.41. The molecule has 1 aliphatic heterocycles. The van der Waals surface area contributed by atoms with E-state index >= 15 is 0 Å². The van der Waals surface area contributed by atoms with Crippen LogP contribution in [-0.4, -0.2) is 40.7 Å². The number of anilines is 1. The number of esters is 1. The number of ether oxygens (including phenoxy) is 1. The Balaban J connectivity index is 1.62. The van der Waals surface area contributed by atoms with Crippen molar-refractivity contribution in [2.75, 3.05) is 5.32 Å². The van der Waals surface area contributed by atoms with E-state index in [0.29, 0.717) is 18.9 Å². The molecule has 1 saturated heterocycles. The summed E-state index contributed by atoms with van der Waals surface area (Å²) in [4.78, 5) is 50.7. The molecule has 1 aliphatic carbocycles. The summed E-state index contributed by atoms with van der Waals surface area (Å²) in [7, 11) is 0. The summed E-state index contributed by atoms with van der Waals surface area (Å²) in [5.74, 6) is -5.06. The molecule has 2 aliphatic rings. The van der Waals surface area contributed by atoms with Gasteiger partial charge in [0.05, 0.1) is 17.5 Å². The van der Waals surface area contributed by atoms with E-state index in [9.17, 15) is 28.0 Å². The monoisotopic (exact) mass is 408 g/mol. The van der Waals surface area contributed by atoms with Gasteiger partial charge in [-0.1, -0.05) is 12.8 Å². The van der Waals surface area contributed by atoms with Gasteiger partial charge < -0.3 is 10.1 Å². The Morgan fingerprint density at radius 2 is 1.69 bits per heavy atom. The van der Waals surface area contributed by atoms with E-state index in [1.54, 1.807) is 0 Å². The molecule has 0 spiro atoms. The first kappa shape index (κ1) is 20.9. The number of likely N-dealkylation sites (tertiary alicyclic amines) is 1. The van der Waals surface area contributed by atoms with E-state index in [0.717, 1.165) is 29.9 Å². The summed E-state index contributed by atoms with van der Waals surface area (Å²) < 4.78 is 31.7. The number of rotatable bonds is 5. The van der Waals surface area contributed by atoms with Crippen molar-refractivity contribution in [1.82, 2.24) is 4.90 Å². The normalized spacial score (nSPS) is 23.4. The lowest BCUT2D eigenvalue weighted by Crippen LogP contribution is -2.46. The molecule has 9 heteroatoms. The number of amides is 3. The highest BCUT2D eigenvalue weighted by Crippen LogP contribution is 2.39. The van der Waals surface area contributed by atoms with Gasteiger partial charge in [-0.3, -0.25) is 19.3 Å². The van der Waals surface area contributed by atoms with E-state index in [1.807, 2.05) is 0 Å². The smallest absolute Gasteiger partial charge is 0.329 e. The highest BCUT2D eigenvalue weighted by molar-refractivity contribution is 6.08. The van der Waals surface area contributed by atoms with Gasteiger partial charge in [-0.15, -0.1) is 0 Å². The zero-order chi connectivity index (χ0) is 21.3. The fraction of sp³-hybridized carbons (Fsp3) is 0.500. The Morgan fingerprint density at radius 3 is 2.24 bits per heavy atom. The molecule has 3 amide bonds. The molecule has 1 aromatic rings. The molecule has 1 aromatic carbocycles. The number of nitrogens with zero attached hydrogens (tertiary/aromatic N) is 1. The van der Waals surface area contributed by atoms with Crippen molar-refractivity contribution in [3.63, 3.8) is 0 Å². The second kappa shape index (κ2) is 8.26. The molecule has 4 atom stereocenters. The molecule has 1 heterocycles. The van der Waals surface area contributed by atoms with E-state index < -0.39 is 47.5 Å². The van der Waals surface area contributed by atoms with Crippen LogP contribution >= 0.6 is 0 Å². The van der Waals surface area contributed by atoms with Crippen LogP contribution in [0.2, 0.25) is 0 Å². The fourth-order valence-electron chi connectivity index (χ4n) is 3.83. The topological polar surface area (TPSA) is 92.8 Å². The summed E-state index contributed by atoms with van der Waals surface area (Å²) in [6.07, 6.45) is 1.66. The SMILES string of the molecule is CC(OC(=O)[C@H](C)N1C(=O)C2CCCCC2C1=O)C(=O)Nc1ccc(F)cc1F. The maximum atomic E-state index is 13.7. The van der Waals surface area contributed by atoms with Gasteiger partial charge in [0.1, 0.15) is 17.7 Å². The molecule has 2 fully saturated rings. The third kappa shape index (κ3) is 4.13. The number of hydrogen-bond donors (Lipinski definition) is 1. The number of nitrogens with one attached hydrogen (secondary N) is 1. The Bertz CT molecular complexity index is 835. The largest absolute Gasteiger partial charge is 0.451 e. The van der Waals surface area contributed by atoms with Crippen molar-refractivity contribution < 1.29 is 32.7 Å². The van der Waals surface area contributed by atoms with Gasteiger partial charge in [-0.05, 0) is 38.8 Å². The lowest BCUT2D eigenvalue weighted by molar-refractivity contribution is -0.163. The van der Waals surface area contributed by atoms with Gasteiger partial charge in [-0.2, -0.15) is 0 Å². The Kier molecular flexibility index (Phi) is 5.95. The minimum Gasteiger partial charge on any atom is -0.451 e. The van der Waals surface area contributed by atoms with Crippen LogP contribution in [0, 0.1) is 23.5 Å². The van der Waals surface area contributed by atoms with Crippen LogP contribution in [0.4, 0.5) is 14.5 Å². The average molecular weight is 408 g/mol. The van der Waals surface area contributed by atoms with E-state index in [-0.39, 0.29) is 17.5 Å². The predicted octanol–water partition coefficient (Wildman–Crippen LogP) is 2.40. The molecule has 1 N–H and O–H groups in total. The lowest BCUT2D eigenvalue weighted by atomic mass is 9.81. The van der Waals surface area contributed by atoms with Gasteiger partial charge in [0.25, 0.3) is 5.91 Å². The highest BCUT2D eigenvalue weighted by atomic mass is 19.1. The number of benzene rings is 1. The van der Waals surface area contributed by atoms with Crippen LogP contribution in [0.25, 0.3) is 0 Å². The molecule has 0 bridgehead atoms. The van der Waals surface area contributed by atoms with Gasteiger partial charge >= 0.3 is 5.97 Å². The van der Waals surface area contributed by atoms with Crippen LogP contribution in [0.3, 0.4) is 0 Å². The van der Waals surface area contributed by atoms with Crippen molar-refractivity contribution in [1.29, 1.82) is 0 Å². The van der Waals surface area contributed by atoms with E-state index in [2.05, 4.69) is 5.32 Å². The maximum absolute atomic E-state index is 13.7. The highest BCUT2D eigenvalue weighted by Gasteiger charge is 2.51. The van der Waals surface area contributed by atoms with E-state index in [1.165, 1.54) is 13.8 Å². The lowest BCUT2D eigenvalue weighted by Gasteiger charge is -2.23. The van der Waals surface area contributed by atoms with Gasteiger partial charge in [0.15, 0.2) is 6.10 Å². The first-order valence-corrected chi connectivity index (χ1v) is 9.54. The molecule has 29 heavy (non-hydrogen) atoms. The molecule has 3 rings (SSSR count). The van der Waals surface area contributed by atoms with Crippen LogP contribution in [0.1, 0.15) is 39.5 Å². The van der Waals surface area contributed by atoms with Crippen LogP contribution in [0.5, 0.6) is 0 Å². The van der Waals surface area contributed by atoms with Crippen LogP contribution in [-0.2, 0) is 23.9 Å². The van der Waals surface area contributed by atoms with Crippen molar-refractivity contribution in [2.24, 2.45) is 11.8 Å². The second-order valence-corrected chi connectivity index (χ2v) is 7.41. The van der Waals surface area contributed by atoms with Gasteiger partial charge in [0, 0.05) is 6.07 Å². The third-order valence-corrected chi connectivity index (χ3v) is 5.45. The number of fused-ring (bicyclic) bond motifs is 1. The minimum absolute atomic E-state index is 0.263. The van der Waals surface area contributed by atoms with Crippen LogP contribution < -0.4 is 5.32 Å². The molecule has 0 aromatic heterocycles. The third-order valence-electron chi connectivity index (χ3n) is 5.45. The number of hydrogen-bond acceptors (Lipinski definition) is 5. The first-order valence-electron chi connectivity index (χ1n) is 9.54. The van der Waals surface area contributed by atoms with Crippen molar-refractivity contribution in [2.45, 2.75) is 51.7 Å². The Hall–Kier alpha value is -2.84. The molecule has 3 unspecified atom stereocenters. The Labute approximate surface area is 166 Å². The summed E-state index contributed by atoms with van der Waals surface area (Å²) in [5.41, 5.74) is -0.263. The molecule has 1 saturated carbocycles. The zero-order valence-corrected chi connectivity index (χ0v) is 16.1. The summed E-state index contributed by atoms with van der Waals surface area (Å²) in [6.45, 7) is 2.65. The number of imide groups is 1. The Morgan fingerprint density at radius 1 is 1.10 bits per heavy atom. The van der Waals surface area contributed by atoms with Gasteiger partial charge in [0.2, 0.25) is 11.8 Å². The summed E-state index contributed by atoms with van der Waals surface area (Å²) in [5, 5.41) is 2.20. The molecule has 0 radical (unpaired) electrons. The first-order chi connectivity index (χ1) is 13.7. The molecule has 156 valence electrons. The summed E-state index contributed by atoms with van der Waals surface area (Å²) >= 11 is 0. The van der Waals surface area contributed by atoms with Crippen LogP contribution in [0.15, 0.2) is 18.2 Å². The van der Waals surface area contributed by atoms with E-state index in [4.69, 9.17) is 4.74 Å². The minimum atomic E-state index is -1.32. The maximum Gasteiger partial charge on any atom is 0.329 e. The fourth-order valence-corrected chi connectivity index (χ4v) is 3.83. The zero-order valence-electron chi connectivity index (χ0n) is 16.1. The van der Waals surface area contributed by atoms with Gasteiger partial charge in [-0.25, -0.2) is 13.6 Å². The molecular formula is C20H22F2N2O5. The van der Waals surface area contributed by atoms with Crippen molar-refractivity contribution in [3.05, 3.63) is 29.8 Å². The van der Waals surface area contributed by atoms with Crippen molar-refractivity contribution in [3.8, 4) is 0 Å². The quantitative estimate of drug-likeness (QED) is 0.597. The number of halogens is 2. The predicted molar refractivity (Wildman–Crippen MR) is 97.3 cm³/mol.